The van der Waals surface area contributed by atoms with E-state index >= 15 is 0 Å². The summed E-state index contributed by atoms with van der Waals surface area (Å²) in [6.07, 6.45) is 3.34. The molecule has 3 rings (SSSR count). The largest absolute Gasteiger partial charge is 0.491 e. The monoisotopic (exact) mass is 361 g/mol. The molecule has 0 atom stereocenters. The Labute approximate surface area is 152 Å². The molecule has 2 aromatic rings. The van der Waals surface area contributed by atoms with Gasteiger partial charge in [-0.25, -0.2) is 4.39 Å². The Morgan fingerprint density at radius 1 is 1.35 bits per heavy atom. The maximum atomic E-state index is 13.6. The molecule has 0 unspecified atom stereocenters. The quantitative estimate of drug-likeness (QED) is 0.790. The molecule has 6 nitrogen and oxygen atoms in total. The Hall–Kier alpha value is -2.38. The second-order valence-electron chi connectivity index (χ2n) is 6.38. The van der Waals surface area contributed by atoms with Crippen LogP contribution < -0.4 is 15.8 Å². The normalized spacial score (nSPS) is 15.8. The third-order valence-corrected chi connectivity index (χ3v) is 4.44. The summed E-state index contributed by atoms with van der Waals surface area (Å²) in [5.41, 5.74) is 5.64. The maximum Gasteiger partial charge on any atom is 0.255 e. The molecule has 0 aliphatic carbocycles. The number of nitrogens with one attached hydrogen (secondary N) is 1. The minimum atomic E-state index is -0.469. The first-order valence-corrected chi connectivity index (χ1v) is 8.83. The van der Waals surface area contributed by atoms with Crippen molar-refractivity contribution in [3.8, 4) is 5.75 Å². The van der Waals surface area contributed by atoms with Crippen molar-refractivity contribution in [3.05, 3.63) is 53.7 Å². The second kappa shape index (κ2) is 8.82. The highest BCUT2D eigenvalue weighted by Gasteiger charge is 2.23. The number of hydrogen-bond acceptors (Lipinski definition) is 5. The predicted molar refractivity (Wildman–Crippen MR) is 95.4 cm³/mol. The number of carbonyl (C=O) groups excluding carboxylic acids is 1. The summed E-state index contributed by atoms with van der Waals surface area (Å²) < 4.78 is 24.4. The average Bonchev–Trinajstić information content (AvgIpc) is 3.15. The van der Waals surface area contributed by atoms with Crippen molar-refractivity contribution in [2.45, 2.75) is 25.4 Å². The van der Waals surface area contributed by atoms with Crippen LogP contribution in [-0.2, 0) is 6.54 Å². The van der Waals surface area contributed by atoms with Gasteiger partial charge >= 0.3 is 0 Å². The van der Waals surface area contributed by atoms with Gasteiger partial charge in [-0.3, -0.25) is 9.69 Å². The summed E-state index contributed by atoms with van der Waals surface area (Å²) in [4.78, 5) is 14.9. The van der Waals surface area contributed by atoms with Crippen molar-refractivity contribution >= 4 is 5.91 Å². The Morgan fingerprint density at radius 3 is 2.85 bits per heavy atom. The number of benzene rings is 1. The molecule has 3 N–H and O–H groups in total. The summed E-state index contributed by atoms with van der Waals surface area (Å²) in [6.45, 7) is 3.11. The van der Waals surface area contributed by atoms with Gasteiger partial charge in [-0.2, -0.15) is 0 Å². The van der Waals surface area contributed by atoms with Crippen molar-refractivity contribution in [2.75, 3.05) is 26.2 Å². The van der Waals surface area contributed by atoms with Crippen LogP contribution in [0, 0.1) is 5.82 Å². The maximum absolute atomic E-state index is 13.6. The van der Waals surface area contributed by atoms with Crippen molar-refractivity contribution < 1.29 is 18.3 Å². The number of carbonyl (C=O) groups is 1. The molecule has 1 fully saturated rings. The lowest BCUT2D eigenvalue weighted by molar-refractivity contribution is 0.0902. The second-order valence-corrected chi connectivity index (χ2v) is 6.38. The molecule has 1 aromatic heterocycles. The minimum absolute atomic E-state index is 0.0565. The van der Waals surface area contributed by atoms with Gasteiger partial charge in [0.15, 0.2) is 0 Å². The summed E-state index contributed by atoms with van der Waals surface area (Å²) in [7, 11) is 0. The lowest BCUT2D eigenvalue weighted by Crippen LogP contribution is -2.44. The molecule has 0 bridgehead atoms. The van der Waals surface area contributed by atoms with Gasteiger partial charge in [0.1, 0.15) is 23.9 Å². The van der Waals surface area contributed by atoms with Crippen LogP contribution in [-0.4, -0.2) is 43.1 Å². The molecule has 1 aliphatic heterocycles. The number of piperidine rings is 1. The first kappa shape index (κ1) is 18.4. The molecular formula is C19H24FN3O3. The van der Waals surface area contributed by atoms with Gasteiger partial charge in [-0.1, -0.05) is 0 Å². The zero-order valence-electron chi connectivity index (χ0n) is 14.6. The number of halogens is 1. The molecule has 26 heavy (non-hydrogen) atoms. The molecule has 1 aromatic carbocycles. The van der Waals surface area contributed by atoms with E-state index in [1.807, 2.05) is 12.1 Å². The third-order valence-electron chi connectivity index (χ3n) is 4.44. The van der Waals surface area contributed by atoms with Crippen LogP contribution >= 0.6 is 0 Å². The van der Waals surface area contributed by atoms with Crippen LogP contribution in [0.4, 0.5) is 4.39 Å². The molecule has 140 valence electrons. The molecule has 0 saturated carbocycles. The zero-order valence-corrected chi connectivity index (χ0v) is 14.6. The van der Waals surface area contributed by atoms with Crippen LogP contribution in [0.5, 0.6) is 5.75 Å². The van der Waals surface area contributed by atoms with E-state index in [2.05, 4.69) is 10.2 Å². The average molecular weight is 361 g/mol. The number of likely N-dealkylation sites (tertiary alicyclic amines) is 1. The molecular weight excluding hydrogens is 337 g/mol. The molecule has 0 spiro atoms. The van der Waals surface area contributed by atoms with E-state index in [1.165, 1.54) is 18.2 Å². The van der Waals surface area contributed by atoms with E-state index in [0.29, 0.717) is 12.3 Å². The lowest BCUT2D eigenvalue weighted by Gasteiger charge is -2.31. The molecule has 0 radical (unpaired) electrons. The van der Waals surface area contributed by atoms with E-state index < -0.39 is 5.82 Å². The Kier molecular flexibility index (Phi) is 6.25. The van der Waals surface area contributed by atoms with Crippen LogP contribution in [0.3, 0.4) is 0 Å². The lowest BCUT2D eigenvalue weighted by atomic mass is 10.0. The summed E-state index contributed by atoms with van der Waals surface area (Å²) in [5.74, 6) is 0.503. The zero-order chi connectivity index (χ0) is 18.4. The fourth-order valence-corrected chi connectivity index (χ4v) is 3.10. The van der Waals surface area contributed by atoms with Gasteiger partial charge in [-0.15, -0.1) is 0 Å². The predicted octanol–water partition coefficient (Wildman–Crippen LogP) is 2.15. The molecule has 1 aliphatic rings. The number of furan rings is 1. The van der Waals surface area contributed by atoms with Crippen molar-refractivity contribution in [2.24, 2.45) is 5.73 Å². The highest BCUT2D eigenvalue weighted by Crippen LogP contribution is 2.21. The van der Waals surface area contributed by atoms with Crippen molar-refractivity contribution in [1.29, 1.82) is 0 Å². The minimum Gasteiger partial charge on any atom is -0.491 e. The standard InChI is InChI=1S/C19H24FN3O3/c20-14-3-4-18(26-11-7-21)17(12-14)19(24)22-15-5-8-23(9-6-15)13-16-2-1-10-25-16/h1-4,10,12,15H,5-9,11,13,21H2,(H,22,24). The number of ether oxygens (including phenoxy) is 1. The van der Waals surface area contributed by atoms with Crippen LogP contribution in [0.25, 0.3) is 0 Å². The summed E-state index contributed by atoms with van der Waals surface area (Å²) >= 11 is 0. The van der Waals surface area contributed by atoms with Gasteiger partial charge in [0.05, 0.1) is 18.4 Å². The van der Waals surface area contributed by atoms with E-state index in [9.17, 15) is 9.18 Å². The Balaban J connectivity index is 1.55. The van der Waals surface area contributed by atoms with E-state index in [0.717, 1.165) is 38.2 Å². The Morgan fingerprint density at radius 2 is 2.15 bits per heavy atom. The number of nitrogens with two attached hydrogens (primary N) is 1. The fourth-order valence-electron chi connectivity index (χ4n) is 3.10. The van der Waals surface area contributed by atoms with Gasteiger partial charge in [0, 0.05) is 25.7 Å². The van der Waals surface area contributed by atoms with Gasteiger partial charge in [0.25, 0.3) is 5.91 Å². The van der Waals surface area contributed by atoms with Crippen LogP contribution in [0.2, 0.25) is 0 Å². The van der Waals surface area contributed by atoms with Gasteiger partial charge < -0.3 is 20.2 Å². The molecule has 7 heteroatoms. The smallest absolute Gasteiger partial charge is 0.255 e. The molecule has 1 saturated heterocycles. The summed E-state index contributed by atoms with van der Waals surface area (Å²) in [6, 6.07) is 7.84. The van der Waals surface area contributed by atoms with Crippen LogP contribution in [0.1, 0.15) is 29.0 Å². The van der Waals surface area contributed by atoms with Crippen molar-refractivity contribution in [3.63, 3.8) is 0 Å². The fraction of sp³-hybridized carbons (Fsp3) is 0.421. The first-order chi connectivity index (χ1) is 12.7. The SMILES string of the molecule is NCCOc1ccc(F)cc1C(=O)NC1CCN(Cc2ccco2)CC1. The third kappa shape index (κ3) is 4.83. The highest BCUT2D eigenvalue weighted by molar-refractivity contribution is 5.97. The number of amides is 1. The Bertz CT molecular complexity index is 713. The first-order valence-electron chi connectivity index (χ1n) is 8.83. The van der Waals surface area contributed by atoms with Gasteiger partial charge in [0.2, 0.25) is 0 Å². The van der Waals surface area contributed by atoms with Crippen LogP contribution in [0.15, 0.2) is 41.0 Å². The van der Waals surface area contributed by atoms with E-state index in [4.69, 9.17) is 14.9 Å². The number of rotatable bonds is 7. The molecule has 1 amide bonds. The number of hydrogen-bond donors (Lipinski definition) is 2. The molecule has 2 heterocycles. The summed E-state index contributed by atoms with van der Waals surface area (Å²) in [5, 5.41) is 2.99. The number of nitrogens with zero attached hydrogens (tertiary/aromatic N) is 1. The van der Waals surface area contributed by atoms with E-state index in [-0.39, 0.29) is 24.1 Å². The van der Waals surface area contributed by atoms with Crippen molar-refractivity contribution in [1.82, 2.24) is 10.2 Å². The van der Waals surface area contributed by atoms with Gasteiger partial charge in [-0.05, 0) is 43.2 Å². The highest BCUT2D eigenvalue weighted by atomic mass is 19.1. The topological polar surface area (TPSA) is 80.7 Å². The van der Waals surface area contributed by atoms with E-state index in [1.54, 1.807) is 6.26 Å².